The second-order valence-electron chi connectivity index (χ2n) is 4.89. The van der Waals surface area contributed by atoms with Crippen molar-refractivity contribution in [2.45, 2.75) is 31.7 Å². The molecule has 5 heteroatoms. The van der Waals surface area contributed by atoms with Gasteiger partial charge in [-0.3, -0.25) is 4.79 Å². The predicted molar refractivity (Wildman–Crippen MR) is 75.5 cm³/mol. The first kappa shape index (κ1) is 14.2. The molecule has 0 bridgehead atoms. The Morgan fingerprint density at radius 1 is 1.53 bits per heavy atom. The number of carbonyl (C=O) groups is 1. The summed E-state index contributed by atoms with van der Waals surface area (Å²) in [5.41, 5.74) is 5.90. The highest BCUT2D eigenvalue weighted by atomic mass is 35.5. The fourth-order valence-electron chi connectivity index (χ4n) is 2.59. The number of phenolic OH excluding ortho intramolecular Hbond substituents is 1. The number of likely N-dealkylation sites (tertiary alicyclic amines) is 1. The molecule has 0 radical (unpaired) electrons. The average molecular weight is 283 g/mol. The lowest BCUT2D eigenvalue weighted by molar-refractivity contribution is 0.0729. The molecular weight excluding hydrogens is 264 g/mol. The number of nitrogens with two attached hydrogens (primary N) is 1. The number of benzene rings is 1. The molecule has 0 aromatic heterocycles. The van der Waals surface area contributed by atoms with Gasteiger partial charge in [-0.2, -0.15) is 0 Å². The number of aromatic hydroxyl groups is 1. The molecule has 3 N–H and O–H groups in total. The van der Waals surface area contributed by atoms with Crippen LogP contribution >= 0.6 is 11.6 Å². The van der Waals surface area contributed by atoms with Gasteiger partial charge in [-0.1, -0.05) is 11.6 Å². The van der Waals surface area contributed by atoms with Crippen molar-refractivity contribution < 1.29 is 9.90 Å². The molecule has 0 saturated carbocycles. The molecule has 1 saturated heterocycles. The van der Waals surface area contributed by atoms with E-state index in [2.05, 4.69) is 0 Å². The fourth-order valence-corrected chi connectivity index (χ4v) is 2.79. The van der Waals surface area contributed by atoms with Crippen LogP contribution in [-0.4, -0.2) is 35.0 Å². The van der Waals surface area contributed by atoms with E-state index >= 15 is 0 Å². The highest BCUT2D eigenvalue weighted by Gasteiger charge is 2.29. The van der Waals surface area contributed by atoms with E-state index in [1.165, 1.54) is 12.1 Å². The van der Waals surface area contributed by atoms with Crippen LogP contribution in [0.1, 0.15) is 36.0 Å². The molecule has 2 rings (SSSR count). The molecule has 1 aromatic carbocycles. The summed E-state index contributed by atoms with van der Waals surface area (Å²) in [5.74, 6) is -0.0362. The molecule has 1 amide bonds. The molecule has 104 valence electrons. The van der Waals surface area contributed by atoms with E-state index in [1.54, 1.807) is 6.07 Å². The van der Waals surface area contributed by atoms with Crippen molar-refractivity contribution in [3.05, 3.63) is 28.8 Å². The van der Waals surface area contributed by atoms with Gasteiger partial charge in [0.05, 0.1) is 10.6 Å². The zero-order chi connectivity index (χ0) is 13.8. The maximum Gasteiger partial charge on any atom is 0.255 e. The number of amides is 1. The quantitative estimate of drug-likeness (QED) is 0.891. The number of hydrogen-bond donors (Lipinski definition) is 2. The molecule has 1 fully saturated rings. The Kier molecular flexibility index (Phi) is 4.66. The Balaban J connectivity index is 2.16. The number of halogens is 1. The SMILES string of the molecule is NCCCC1CCCN1C(=O)c1cc(O)ccc1Cl. The third kappa shape index (κ3) is 3.19. The van der Waals surface area contributed by atoms with Crippen molar-refractivity contribution in [3.8, 4) is 5.75 Å². The van der Waals surface area contributed by atoms with Gasteiger partial charge < -0.3 is 15.7 Å². The largest absolute Gasteiger partial charge is 0.508 e. The minimum Gasteiger partial charge on any atom is -0.508 e. The van der Waals surface area contributed by atoms with Crippen LogP contribution in [0.5, 0.6) is 5.75 Å². The zero-order valence-corrected chi connectivity index (χ0v) is 11.6. The van der Waals surface area contributed by atoms with Crippen LogP contribution in [0.25, 0.3) is 0 Å². The molecule has 0 aliphatic carbocycles. The molecule has 1 aliphatic rings. The molecule has 0 spiro atoms. The third-order valence-electron chi connectivity index (χ3n) is 3.56. The molecular formula is C14H19ClN2O2. The van der Waals surface area contributed by atoms with Crippen molar-refractivity contribution in [2.75, 3.05) is 13.1 Å². The van der Waals surface area contributed by atoms with Crippen LogP contribution in [0.15, 0.2) is 18.2 Å². The van der Waals surface area contributed by atoms with E-state index in [-0.39, 0.29) is 17.7 Å². The average Bonchev–Trinajstić information content (AvgIpc) is 2.86. The summed E-state index contributed by atoms with van der Waals surface area (Å²) in [6.45, 7) is 1.39. The van der Waals surface area contributed by atoms with Crippen LogP contribution in [0, 0.1) is 0 Å². The lowest BCUT2D eigenvalue weighted by atomic mass is 10.1. The summed E-state index contributed by atoms with van der Waals surface area (Å²) < 4.78 is 0. The maximum atomic E-state index is 12.5. The van der Waals surface area contributed by atoms with E-state index in [0.717, 1.165) is 32.2 Å². The number of phenols is 1. The van der Waals surface area contributed by atoms with E-state index in [4.69, 9.17) is 17.3 Å². The van der Waals surface area contributed by atoms with Gasteiger partial charge >= 0.3 is 0 Å². The highest BCUT2D eigenvalue weighted by Crippen LogP contribution is 2.28. The Morgan fingerprint density at radius 3 is 3.05 bits per heavy atom. The Hall–Kier alpha value is -1.26. The van der Waals surface area contributed by atoms with Gasteiger partial charge in [-0.15, -0.1) is 0 Å². The Morgan fingerprint density at radius 2 is 2.32 bits per heavy atom. The van der Waals surface area contributed by atoms with Crippen molar-refractivity contribution in [1.29, 1.82) is 0 Å². The lowest BCUT2D eigenvalue weighted by Gasteiger charge is -2.25. The summed E-state index contributed by atoms with van der Waals surface area (Å²) in [6, 6.07) is 4.71. The van der Waals surface area contributed by atoms with Gasteiger partial charge in [-0.05, 0) is 50.4 Å². The molecule has 1 unspecified atom stereocenters. The summed E-state index contributed by atoms with van der Waals surface area (Å²) in [5, 5.41) is 9.87. The standard InChI is InChI=1S/C14H19ClN2O2/c15-13-6-5-11(18)9-12(13)14(19)17-8-2-4-10(17)3-1-7-16/h5-6,9-10,18H,1-4,7-8,16H2. The van der Waals surface area contributed by atoms with E-state index in [0.29, 0.717) is 17.1 Å². The van der Waals surface area contributed by atoms with Gasteiger partial charge in [0.2, 0.25) is 0 Å². The first-order valence-electron chi connectivity index (χ1n) is 6.63. The van der Waals surface area contributed by atoms with Crippen LogP contribution in [-0.2, 0) is 0 Å². The highest BCUT2D eigenvalue weighted by molar-refractivity contribution is 6.33. The second kappa shape index (κ2) is 6.26. The maximum absolute atomic E-state index is 12.5. The minimum atomic E-state index is -0.0968. The third-order valence-corrected chi connectivity index (χ3v) is 3.89. The van der Waals surface area contributed by atoms with Crippen LogP contribution in [0.3, 0.4) is 0 Å². The number of hydrogen-bond acceptors (Lipinski definition) is 3. The summed E-state index contributed by atoms with van der Waals surface area (Å²) in [7, 11) is 0. The fraction of sp³-hybridized carbons (Fsp3) is 0.500. The molecule has 4 nitrogen and oxygen atoms in total. The number of rotatable bonds is 4. The number of nitrogens with zero attached hydrogens (tertiary/aromatic N) is 1. The normalized spacial score (nSPS) is 18.8. The zero-order valence-electron chi connectivity index (χ0n) is 10.8. The van der Waals surface area contributed by atoms with Gasteiger partial charge in [0.15, 0.2) is 0 Å². The van der Waals surface area contributed by atoms with Crippen molar-refractivity contribution in [2.24, 2.45) is 5.73 Å². The van der Waals surface area contributed by atoms with E-state index < -0.39 is 0 Å². The molecule has 1 heterocycles. The topological polar surface area (TPSA) is 66.6 Å². The molecule has 19 heavy (non-hydrogen) atoms. The first-order valence-corrected chi connectivity index (χ1v) is 7.01. The summed E-state index contributed by atoms with van der Waals surface area (Å²) >= 11 is 6.04. The van der Waals surface area contributed by atoms with Gasteiger partial charge in [0, 0.05) is 12.6 Å². The van der Waals surface area contributed by atoms with Crippen molar-refractivity contribution >= 4 is 17.5 Å². The van der Waals surface area contributed by atoms with Crippen LogP contribution in [0.2, 0.25) is 5.02 Å². The van der Waals surface area contributed by atoms with Gasteiger partial charge in [0.25, 0.3) is 5.91 Å². The van der Waals surface area contributed by atoms with Crippen molar-refractivity contribution in [1.82, 2.24) is 4.90 Å². The molecule has 1 atom stereocenters. The minimum absolute atomic E-state index is 0.0606. The smallest absolute Gasteiger partial charge is 0.255 e. The number of carbonyl (C=O) groups excluding carboxylic acids is 1. The molecule has 1 aliphatic heterocycles. The Labute approximate surface area is 118 Å². The van der Waals surface area contributed by atoms with Gasteiger partial charge in [0.1, 0.15) is 5.75 Å². The lowest BCUT2D eigenvalue weighted by Crippen LogP contribution is -2.36. The van der Waals surface area contributed by atoms with Crippen LogP contribution < -0.4 is 5.73 Å². The first-order chi connectivity index (χ1) is 9.13. The monoisotopic (exact) mass is 282 g/mol. The van der Waals surface area contributed by atoms with Crippen LogP contribution in [0.4, 0.5) is 0 Å². The summed E-state index contributed by atoms with van der Waals surface area (Å²) in [6.07, 6.45) is 3.88. The van der Waals surface area contributed by atoms with E-state index in [9.17, 15) is 9.90 Å². The van der Waals surface area contributed by atoms with Crippen molar-refractivity contribution in [3.63, 3.8) is 0 Å². The van der Waals surface area contributed by atoms with Gasteiger partial charge in [-0.25, -0.2) is 0 Å². The van der Waals surface area contributed by atoms with E-state index in [1.807, 2.05) is 4.90 Å². The predicted octanol–water partition coefficient (Wildman–Crippen LogP) is 2.39. The Bertz CT molecular complexity index is 465. The molecule has 1 aromatic rings. The summed E-state index contributed by atoms with van der Waals surface area (Å²) in [4.78, 5) is 14.4. The second-order valence-corrected chi connectivity index (χ2v) is 5.30.